The van der Waals surface area contributed by atoms with Crippen molar-refractivity contribution < 1.29 is 9.53 Å². The van der Waals surface area contributed by atoms with E-state index in [0.717, 1.165) is 25.7 Å². The number of hydrogen-bond donors (Lipinski definition) is 0. The third-order valence-electron chi connectivity index (χ3n) is 2.25. The Morgan fingerprint density at radius 3 is 3.07 bits per heavy atom. The first-order valence-corrected chi connectivity index (χ1v) is 5.10. The first kappa shape index (κ1) is 10.8. The van der Waals surface area contributed by atoms with E-state index in [2.05, 4.69) is 5.92 Å². The molecule has 76 valence electrons. The Balaban J connectivity index is 2.05. The molecule has 2 nitrogen and oxygen atoms in total. The van der Waals surface area contributed by atoms with Crippen LogP contribution in [0.5, 0.6) is 0 Å². The molecule has 0 bridgehead atoms. The lowest BCUT2D eigenvalue weighted by molar-refractivity contribution is -0.144. The van der Waals surface area contributed by atoms with E-state index in [1.54, 1.807) is 0 Å². The smallest absolute Gasteiger partial charge is 0.316 e. The van der Waals surface area contributed by atoms with Crippen LogP contribution in [0.4, 0.5) is 0 Å². The fraction of sp³-hybridized carbons (Fsp3) is 0.583. The average Bonchev–Trinajstić information content (AvgIpc) is 2.92. The number of terminal acetylenes is 1. The van der Waals surface area contributed by atoms with Gasteiger partial charge in [-0.1, -0.05) is 11.6 Å². The highest BCUT2D eigenvalue weighted by molar-refractivity contribution is 5.83. The summed E-state index contributed by atoms with van der Waals surface area (Å²) in [6, 6.07) is 0. The molecule has 0 unspecified atom stereocenters. The topological polar surface area (TPSA) is 26.3 Å². The molecule has 0 N–H and O–H groups in total. The molecule has 1 atom stereocenters. The van der Waals surface area contributed by atoms with Gasteiger partial charge in [0, 0.05) is 6.42 Å². The van der Waals surface area contributed by atoms with Crippen LogP contribution in [-0.4, -0.2) is 12.6 Å². The molecule has 1 aliphatic rings. The van der Waals surface area contributed by atoms with Gasteiger partial charge >= 0.3 is 5.97 Å². The largest absolute Gasteiger partial charge is 0.465 e. The van der Waals surface area contributed by atoms with Crippen molar-refractivity contribution in [2.75, 3.05) is 6.61 Å². The highest BCUT2D eigenvalue weighted by atomic mass is 16.5. The summed E-state index contributed by atoms with van der Waals surface area (Å²) >= 11 is 0. The molecule has 0 aromatic carbocycles. The number of carbonyl (C=O) groups is 1. The van der Waals surface area contributed by atoms with E-state index in [4.69, 9.17) is 11.2 Å². The van der Waals surface area contributed by atoms with Gasteiger partial charge in [0.15, 0.2) is 0 Å². The summed E-state index contributed by atoms with van der Waals surface area (Å²) in [4.78, 5) is 11.2. The number of carbonyl (C=O) groups excluding carboxylic acids is 1. The lowest BCUT2D eigenvalue weighted by Crippen LogP contribution is -2.08. The third-order valence-corrected chi connectivity index (χ3v) is 2.25. The third kappa shape index (κ3) is 3.26. The number of rotatable bonds is 6. The van der Waals surface area contributed by atoms with E-state index in [0.29, 0.717) is 6.61 Å². The van der Waals surface area contributed by atoms with E-state index in [-0.39, 0.29) is 11.9 Å². The van der Waals surface area contributed by atoms with Crippen molar-refractivity contribution in [2.24, 2.45) is 5.92 Å². The molecule has 0 spiro atoms. The maximum Gasteiger partial charge on any atom is 0.316 e. The van der Waals surface area contributed by atoms with Gasteiger partial charge in [-0.05, 0) is 26.2 Å². The normalized spacial score (nSPS) is 18.3. The molecular weight excluding hydrogens is 176 g/mol. The lowest BCUT2D eigenvalue weighted by Gasteiger charge is -2.00. The van der Waals surface area contributed by atoms with Crippen molar-refractivity contribution in [3.63, 3.8) is 0 Å². The van der Waals surface area contributed by atoms with Crippen LogP contribution in [-0.2, 0) is 9.53 Å². The Morgan fingerprint density at radius 1 is 1.64 bits per heavy atom. The lowest BCUT2D eigenvalue weighted by atomic mass is 10.1. The van der Waals surface area contributed by atoms with Crippen LogP contribution in [0.15, 0.2) is 11.6 Å². The van der Waals surface area contributed by atoms with Crippen LogP contribution in [0, 0.1) is 18.3 Å². The van der Waals surface area contributed by atoms with Gasteiger partial charge in [-0.25, -0.2) is 0 Å². The highest BCUT2D eigenvalue weighted by Gasteiger charge is 2.32. The molecule has 0 radical (unpaired) electrons. The summed E-state index contributed by atoms with van der Waals surface area (Å²) in [5.41, 5.74) is 1.22. The number of ether oxygens (including phenoxy) is 1. The van der Waals surface area contributed by atoms with E-state index >= 15 is 0 Å². The molecule has 0 amide bonds. The second kappa shape index (κ2) is 5.49. The number of esters is 1. The van der Waals surface area contributed by atoms with Crippen LogP contribution in [0.25, 0.3) is 0 Å². The Hall–Kier alpha value is -1.23. The van der Waals surface area contributed by atoms with E-state index in [1.807, 2.05) is 13.0 Å². The predicted octanol–water partition coefficient (Wildman–Crippen LogP) is 2.30. The second-order valence-electron chi connectivity index (χ2n) is 3.38. The first-order chi connectivity index (χ1) is 6.79. The van der Waals surface area contributed by atoms with Crippen LogP contribution in [0.1, 0.15) is 32.6 Å². The number of unbranched alkanes of at least 4 members (excludes halogenated alkanes) is 2. The summed E-state index contributed by atoms with van der Waals surface area (Å²) in [6.45, 7) is 2.29. The van der Waals surface area contributed by atoms with Gasteiger partial charge in [-0.15, -0.1) is 12.3 Å². The minimum absolute atomic E-state index is 0.0132. The molecule has 0 aromatic rings. The fourth-order valence-electron chi connectivity index (χ4n) is 1.41. The Bertz CT molecular complexity index is 271. The highest BCUT2D eigenvalue weighted by Crippen LogP contribution is 2.34. The zero-order valence-corrected chi connectivity index (χ0v) is 8.58. The molecule has 0 aliphatic heterocycles. The molecule has 1 rings (SSSR count). The van der Waals surface area contributed by atoms with E-state index < -0.39 is 0 Å². The van der Waals surface area contributed by atoms with Crippen LogP contribution < -0.4 is 0 Å². The van der Waals surface area contributed by atoms with Crippen LogP contribution >= 0.6 is 0 Å². The minimum Gasteiger partial charge on any atom is -0.465 e. The number of hydrogen-bond acceptors (Lipinski definition) is 2. The summed E-state index contributed by atoms with van der Waals surface area (Å²) in [6.07, 6.45) is 11.1. The van der Waals surface area contributed by atoms with Gasteiger partial charge in [-0.2, -0.15) is 0 Å². The van der Waals surface area contributed by atoms with Crippen LogP contribution in [0.2, 0.25) is 0 Å². The van der Waals surface area contributed by atoms with Gasteiger partial charge in [0.2, 0.25) is 0 Å². The average molecular weight is 192 g/mol. The van der Waals surface area contributed by atoms with Crippen molar-refractivity contribution in [1.82, 2.24) is 0 Å². The monoisotopic (exact) mass is 192 g/mol. The predicted molar refractivity (Wildman–Crippen MR) is 55.5 cm³/mol. The molecule has 14 heavy (non-hydrogen) atoms. The quantitative estimate of drug-likeness (QED) is 0.279. The Labute approximate surface area is 85.3 Å². The van der Waals surface area contributed by atoms with Crippen molar-refractivity contribution in [3.8, 4) is 12.3 Å². The molecule has 0 fully saturated rings. The van der Waals surface area contributed by atoms with Crippen molar-refractivity contribution in [2.45, 2.75) is 32.6 Å². The van der Waals surface area contributed by atoms with Crippen molar-refractivity contribution >= 4 is 5.97 Å². The maximum atomic E-state index is 11.2. The van der Waals surface area contributed by atoms with E-state index in [9.17, 15) is 4.79 Å². The summed E-state index contributed by atoms with van der Waals surface area (Å²) < 4.78 is 4.90. The van der Waals surface area contributed by atoms with Gasteiger partial charge in [0.05, 0.1) is 12.5 Å². The van der Waals surface area contributed by atoms with Crippen molar-refractivity contribution in [1.29, 1.82) is 0 Å². The molecule has 0 saturated carbocycles. The molecule has 1 aliphatic carbocycles. The molecule has 0 heterocycles. The van der Waals surface area contributed by atoms with Gasteiger partial charge < -0.3 is 4.74 Å². The van der Waals surface area contributed by atoms with Crippen molar-refractivity contribution in [3.05, 3.63) is 11.6 Å². The van der Waals surface area contributed by atoms with Gasteiger partial charge in [0.25, 0.3) is 0 Å². The second-order valence-corrected chi connectivity index (χ2v) is 3.38. The standard InChI is InChI=1S/C12H16O2/c1-3-5-6-7-8-10-9-11(10)12(13)14-4-2/h1,9,11H,4-8H2,2H3/t11-/m1/s1. The molecule has 2 heteroatoms. The van der Waals surface area contributed by atoms with Crippen LogP contribution in [0.3, 0.4) is 0 Å². The zero-order valence-electron chi connectivity index (χ0n) is 8.58. The molecular formula is C12H16O2. The minimum atomic E-state index is -0.0977. The van der Waals surface area contributed by atoms with Gasteiger partial charge in [-0.3, -0.25) is 4.79 Å². The molecule has 0 saturated heterocycles. The summed E-state index contributed by atoms with van der Waals surface area (Å²) in [7, 11) is 0. The molecule has 0 aromatic heterocycles. The van der Waals surface area contributed by atoms with Gasteiger partial charge in [0.1, 0.15) is 0 Å². The summed E-state index contributed by atoms with van der Waals surface area (Å²) in [5.74, 6) is 2.49. The van der Waals surface area contributed by atoms with E-state index in [1.165, 1.54) is 5.57 Å². The Kier molecular flexibility index (Phi) is 4.25. The summed E-state index contributed by atoms with van der Waals surface area (Å²) in [5, 5.41) is 0. The SMILES string of the molecule is C#CCCCCC1=C[C@H]1C(=O)OCC. The zero-order chi connectivity index (χ0) is 10.4. The maximum absolute atomic E-state index is 11.2. The Morgan fingerprint density at radius 2 is 2.43 bits per heavy atom. The first-order valence-electron chi connectivity index (χ1n) is 5.10. The fourth-order valence-corrected chi connectivity index (χ4v) is 1.41.